The van der Waals surface area contributed by atoms with Crippen LogP contribution in [0.5, 0.6) is 0 Å². The molecule has 0 spiro atoms. The number of nitrogens with zero attached hydrogens (tertiary/aromatic N) is 2. The number of hydrogen-bond donors (Lipinski definition) is 6. The summed E-state index contributed by atoms with van der Waals surface area (Å²) in [6.07, 6.45) is -1.22. The maximum absolute atomic E-state index is 11.3. The van der Waals surface area contributed by atoms with Crippen LogP contribution in [-0.2, 0) is 31.1 Å². The van der Waals surface area contributed by atoms with Gasteiger partial charge in [0.1, 0.15) is 18.9 Å². The van der Waals surface area contributed by atoms with Crippen LogP contribution in [0, 0.1) is 0 Å². The average molecular weight is 593 g/mol. The van der Waals surface area contributed by atoms with Gasteiger partial charge in [-0.2, -0.15) is 0 Å². The summed E-state index contributed by atoms with van der Waals surface area (Å²) in [7, 11) is -13.5. The summed E-state index contributed by atoms with van der Waals surface area (Å²) in [6, 6.07) is 0.669. The predicted molar refractivity (Wildman–Crippen MR) is 128 cm³/mol. The molecule has 20 heteroatoms. The highest BCUT2D eigenvalue weighted by atomic mass is 31.2. The Hall–Kier alpha value is 0.644. The zero-order valence-corrected chi connectivity index (χ0v) is 24.8. The second-order valence-electron chi connectivity index (χ2n) is 8.13. The van der Waals surface area contributed by atoms with Crippen molar-refractivity contribution in [1.29, 1.82) is 0 Å². The Labute approximate surface area is 202 Å². The Balaban J connectivity index is 5.13. The molecule has 1 unspecified atom stereocenters. The first-order valence-corrected chi connectivity index (χ1v) is 20.0. The second-order valence-corrected chi connectivity index (χ2v) is 19.6. The fourth-order valence-corrected chi connectivity index (χ4v) is 12.3. The van der Waals surface area contributed by atoms with E-state index in [4.69, 9.17) is 27.2 Å². The summed E-state index contributed by atoms with van der Waals surface area (Å²) in [5.41, 5.74) is 0. The lowest BCUT2D eigenvalue weighted by Crippen LogP contribution is -2.54. The molecule has 6 N–H and O–H groups in total. The molecule has 0 heterocycles. The first-order valence-electron chi connectivity index (χ1n) is 10.2. The molecule has 0 radical (unpaired) electrons. The molecule has 0 saturated heterocycles. The van der Waals surface area contributed by atoms with Crippen LogP contribution < -0.4 is 0 Å². The summed E-state index contributed by atoms with van der Waals surface area (Å²) in [6.45, 7) is 2.11. The SMILES string of the molecule is CO[Si](C)(CCCN(CP(=O)(O)O)CP(=O)(O)O)O[Si](CCCN(C)CP(=O)(O)O)(OC)OC. The van der Waals surface area contributed by atoms with Gasteiger partial charge in [0.05, 0.1) is 0 Å². The van der Waals surface area contributed by atoms with Crippen LogP contribution in [0.1, 0.15) is 12.8 Å². The van der Waals surface area contributed by atoms with E-state index in [-0.39, 0.29) is 19.3 Å². The highest BCUT2D eigenvalue weighted by Gasteiger charge is 2.47. The third-order valence-corrected chi connectivity index (χ3v) is 14.4. The molecule has 0 aromatic heterocycles. The Morgan fingerprint density at radius 2 is 1.15 bits per heavy atom. The molecule has 0 aliphatic heterocycles. The van der Waals surface area contributed by atoms with Crippen LogP contribution in [0.3, 0.4) is 0 Å². The monoisotopic (exact) mass is 592 g/mol. The molecule has 1 atom stereocenters. The van der Waals surface area contributed by atoms with Gasteiger partial charge in [0.2, 0.25) is 0 Å². The fourth-order valence-electron chi connectivity index (χ4n) is 3.23. The minimum Gasteiger partial charge on any atom is -0.398 e. The molecular weight excluding hydrogens is 553 g/mol. The van der Waals surface area contributed by atoms with Crippen LogP contribution in [0.2, 0.25) is 18.6 Å². The van der Waals surface area contributed by atoms with Gasteiger partial charge in [-0.15, -0.1) is 0 Å². The average Bonchev–Trinajstić information content (AvgIpc) is 2.63. The van der Waals surface area contributed by atoms with E-state index >= 15 is 0 Å². The smallest absolute Gasteiger partial charge is 0.398 e. The van der Waals surface area contributed by atoms with Crippen molar-refractivity contribution in [3.8, 4) is 0 Å². The van der Waals surface area contributed by atoms with Gasteiger partial charge in [0, 0.05) is 27.4 Å². The predicted octanol–water partition coefficient (Wildman–Crippen LogP) is 0.373. The summed E-state index contributed by atoms with van der Waals surface area (Å²) >= 11 is 0. The van der Waals surface area contributed by atoms with Crippen LogP contribution in [-0.4, -0.2) is 117 Å². The van der Waals surface area contributed by atoms with Gasteiger partial charge in [0.15, 0.2) is 0 Å². The van der Waals surface area contributed by atoms with Crippen LogP contribution in [0.15, 0.2) is 0 Å². The third-order valence-electron chi connectivity index (χ3n) is 4.75. The summed E-state index contributed by atoms with van der Waals surface area (Å²) < 4.78 is 56.8. The highest BCUT2D eigenvalue weighted by molar-refractivity contribution is 7.52. The van der Waals surface area contributed by atoms with Crippen molar-refractivity contribution in [2.45, 2.75) is 31.5 Å². The lowest BCUT2D eigenvalue weighted by molar-refractivity contribution is 0.133. The molecular formula is C14H39N2O13P3Si2. The molecule has 15 nitrogen and oxygen atoms in total. The van der Waals surface area contributed by atoms with Gasteiger partial charge in [-0.25, -0.2) is 0 Å². The Kier molecular flexibility index (Phi) is 14.8. The van der Waals surface area contributed by atoms with Gasteiger partial charge in [-0.1, -0.05) is 0 Å². The molecule has 0 saturated carbocycles. The van der Waals surface area contributed by atoms with Crippen molar-refractivity contribution in [2.75, 3.05) is 60.3 Å². The van der Waals surface area contributed by atoms with Crippen molar-refractivity contribution in [1.82, 2.24) is 9.80 Å². The Morgan fingerprint density at radius 1 is 0.706 bits per heavy atom. The van der Waals surface area contributed by atoms with E-state index in [1.165, 1.54) is 26.2 Å². The second kappa shape index (κ2) is 14.5. The zero-order valence-electron chi connectivity index (χ0n) is 20.1. The van der Waals surface area contributed by atoms with Crippen LogP contribution in [0.25, 0.3) is 0 Å². The van der Waals surface area contributed by atoms with Crippen LogP contribution in [0.4, 0.5) is 0 Å². The third kappa shape index (κ3) is 16.4. The highest BCUT2D eigenvalue weighted by Crippen LogP contribution is 2.41. The van der Waals surface area contributed by atoms with E-state index in [1.807, 2.05) is 0 Å². The minimum atomic E-state index is -4.53. The number of rotatable bonds is 19. The van der Waals surface area contributed by atoms with E-state index in [2.05, 4.69) is 0 Å². The van der Waals surface area contributed by atoms with Gasteiger partial charge in [-0.05, 0) is 45.6 Å². The first-order chi connectivity index (χ1) is 15.3. The van der Waals surface area contributed by atoms with Crippen molar-refractivity contribution in [2.24, 2.45) is 0 Å². The molecule has 0 amide bonds. The quantitative estimate of drug-likeness (QED) is 0.0882. The van der Waals surface area contributed by atoms with E-state index in [0.717, 1.165) is 4.90 Å². The van der Waals surface area contributed by atoms with Gasteiger partial charge < -0.3 is 46.8 Å². The molecule has 0 fully saturated rings. The largest absolute Gasteiger partial charge is 0.491 e. The van der Waals surface area contributed by atoms with Gasteiger partial charge in [-0.3, -0.25) is 23.5 Å². The zero-order chi connectivity index (χ0) is 26.8. The lowest BCUT2D eigenvalue weighted by atomic mass is 10.4. The molecule has 0 aliphatic carbocycles. The minimum absolute atomic E-state index is 0.00673. The van der Waals surface area contributed by atoms with E-state index < -0.39 is 52.7 Å². The van der Waals surface area contributed by atoms with Crippen molar-refractivity contribution >= 4 is 40.2 Å². The standard InChI is InChI=1S/C14H39N2O13P3Si2/c1-15(12-30(17,18)19)8-6-11-34(27-3,28-4)29-33(5,26-2)10-7-9-16(13-31(20,21)22)14-32(23,24)25/h6-14H2,1-5H3,(H2,17,18,19)(H2,20,21,22)(H2,23,24,25). The first kappa shape index (κ1) is 34.6. The van der Waals surface area contributed by atoms with Crippen molar-refractivity contribution in [3.63, 3.8) is 0 Å². The summed E-state index contributed by atoms with van der Waals surface area (Å²) in [5.74, 6) is 0. The molecule has 0 rings (SSSR count). The molecule has 34 heavy (non-hydrogen) atoms. The maximum Gasteiger partial charge on any atom is 0.491 e. The normalized spacial score (nSPS) is 15.8. The van der Waals surface area contributed by atoms with Crippen LogP contribution >= 0.6 is 22.8 Å². The lowest BCUT2D eigenvalue weighted by Gasteiger charge is -2.36. The van der Waals surface area contributed by atoms with Gasteiger partial charge in [0.25, 0.3) is 0 Å². The van der Waals surface area contributed by atoms with E-state index in [0.29, 0.717) is 25.1 Å². The molecule has 206 valence electrons. The Morgan fingerprint density at radius 3 is 1.53 bits per heavy atom. The summed E-state index contributed by atoms with van der Waals surface area (Å²) in [4.78, 5) is 57.4. The summed E-state index contributed by atoms with van der Waals surface area (Å²) in [5, 5.41) is 0. The van der Waals surface area contributed by atoms with E-state index in [9.17, 15) is 33.3 Å². The Bertz CT molecular complexity index is 720. The maximum atomic E-state index is 11.3. The molecule has 0 aromatic carbocycles. The van der Waals surface area contributed by atoms with Gasteiger partial charge >= 0.3 is 40.2 Å². The van der Waals surface area contributed by atoms with E-state index in [1.54, 1.807) is 13.6 Å². The van der Waals surface area contributed by atoms with Crippen molar-refractivity contribution in [3.05, 3.63) is 0 Å². The number of hydrogen-bond acceptors (Lipinski definition) is 9. The molecule has 0 bridgehead atoms. The van der Waals surface area contributed by atoms with Crippen molar-refractivity contribution < 1.29 is 60.4 Å². The molecule has 0 aliphatic rings. The topological polar surface area (TPSA) is 216 Å². The molecule has 0 aromatic rings. The fraction of sp³-hybridized carbons (Fsp3) is 1.00.